The highest BCUT2D eigenvalue weighted by atomic mass is 16.7. The van der Waals surface area contributed by atoms with Crippen LogP contribution in [0.3, 0.4) is 0 Å². The highest BCUT2D eigenvalue weighted by Crippen LogP contribution is 2.40. The molecule has 3 rings (SSSR count). The summed E-state index contributed by atoms with van der Waals surface area (Å²) in [7, 11) is 3.00. The topological polar surface area (TPSA) is 122 Å². The Labute approximate surface area is 126 Å². The van der Waals surface area contributed by atoms with Gasteiger partial charge in [0.25, 0.3) is 0 Å². The molecule has 0 aromatic carbocycles. The fraction of sp³-hybridized carbons (Fsp3) is 0.538. The minimum absolute atomic E-state index is 0.445. The lowest BCUT2D eigenvalue weighted by Crippen LogP contribution is -2.48. The van der Waals surface area contributed by atoms with Crippen LogP contribution in [0.15, 0.2) is 18.6 Å². The van der Waals surface area contributed by atoms with E-state index in [-0.39, 0.29) is 0 Å². The molecule has 0 bridgehead atoms. The molecule has 1 fully saturated rings. The molecule has 1 aliphatic heterocycles. The van der Waals surface area contributed by atoms with Gasteiger partial charge < -0.3 is 34.7 Å². The maximum atomic E-state index is 10.6. The third-order valence-corrected chi connectivity index (χ3v) is 3.94. The molecule has 22 heavy (non-hydrogen) atoms. The van der Waals surface area contributed by atoms with Gasteiger partial charge in [0.2, 0.25) is 5.79 Å². The van der Waals surface area contributed by atoms with Gasteiger partial charge in [0.15, 0.2) is 6.23 Å². The van der Waals surface area contributed by atoms with Gasteiger partial charge in [-0.05, 0) is 6.07 Å². The Kier molecular flexibility index (Phi) is 3.75. The molecule has 1 unspecified atom stereocenters. The molecule has 2 aromatic heterocycles. The molecular formula is C13H18N4O5. The van der Waals surface area contributed by atoms with Gasteiger partial charge in [0.1, 0.15) is 30.0 Å². The second-order valence-electron chi connectivity index (χ2n) is 5.04. The van der Waals surface area contributed by atoms with E-state index in [0.29, 0.717) is 11.5 Å². The predicted octanol–water partition coefficient (Wildman–Crippen LogP) is -0.941. The Hall–Kier alpha value is -1.78. The number of anilines is 1. The van der Waals surface area contributed by atoms with Gasteiger partial charge in [-0.3, -0.25) is 0 Å². The zero-order chi connectivity index (χ0) is 15.9. The molecule has 2 aromatic rings. The summed E-state index contributed by atoms with van der Waals surface area (Å²) < 4.78 is 12.2. The quantitative estimate of drug-likeness (QED) is 0.534. The number of aromatic nitrogens is 3. The molecule has 4 atom stereocenters. The van der Waals surface area contributed by atoms with Gasteiger partial charge in [-0.1, -0.05) is 0 Å². The zero-order valence-electron chi connectivity index (χ0n) is 12.2. The average Bonchev–Trinajstić information content (AvgIpc) is 3.08. The summed E-state index contributed by atoms with van der Waals surface area (Å²) in [6.07, 6.45) is -0.373. The average molecular weight is 310 g/mol. The molecule has 9 nitrogen and oxygen atoms in total. The number of aliphatic hydroxyl groups is 3. The van der Waals surface area contributed by atoms with Gasteiger partial charge in [-0.15, -0.1) is 0 Å². The Morgan fingerprint density at radius 3 is 2.91 bits per heavy atom. The van der Waals surface area contributed by atoms with Crippen LogP contribution in [0.4, 0.5) is 5.82 Å². The van der Waals surface area contributed by atoms with E-state index < -0.39 is 30.8 Å². The highest BCUT2D eigenvalue weighted by molar-refractivity contribution is 5.87. The first-order chi connectivity index (χ1) is 10.6. The van der Waals surface area contributed by atoms with Gasteiger partial charge in [0, 0.05) is 20.4 Å². The van der Waals surface area contributed by atoms with Crippen molar-refractivity contribution in [3.63, 3.8) is 0 Å². The molecule has 0 saturated carbocycles. The summed E-state index contributed by atoms with van der Waals surface area (Å²) >= 11 is 0. The van der Waals surface area contributed by atoms with Crippen molar-refractivity contribution >= 4 is 16.9 Å². The Bertz CT molecular complexity index is 677. The molecule has 0 radical (unpaired) electrons. The smallest absolute Gasteiger partial charge is 0.241 e. The standard InChI is InChI=1S/C13H18N4O5/c1-14-10-7-3-4-17(11(7)16-6-15-10)12-13(20,21-2)9(19)8(5-18)22-12/h3-4,6,8-9,12,18-20H,5H2,1-2H3,(H,14,15,16)/t8-,9-,12?,13+/m1/s1. The van der Waals surface area contributed by atoms with Crippen molar-refractivity contribution in [3.05, 3.63) is 18.6 Å². The number of hydrogen-bond donors (Lipinski definition) is 4. The maximum absolute atomic E-state index is 10.6. The number of nitrogens with zero attached hydrogens (tertiary/aromatic N) is 3. The van der Waals surface area contributed by atoms with Crippen LogP contribution >= 0.6 is 0 Å². The van der Waals surface area contributed by atoms with E-state index in [9.17, 15) is 15.3 Å². The van der Waals surface area contributed by atoms with Crippen molar-refractivity contribution in [2.75, 3.05) is 26.1 Å². The molecule has 3 heterocycles. The first kappa shape index (κ1) is 15.1. The van der Waals surface area contributed by atoms with Crippen molar-refractivity contribution < 1.29 is 24.8 Å². The summed E-state index contributed by atoms with van der Waals surface area (Å²) in [5.41, 5.74) is 0.505. The third kappa shape index (κ3) is 1.98. The number of rotatable bonds is 4. The Morgan fingerprint density at radius 2 is 2.27 bits per heavy atom. The molecule has 0 spiro atoms. The van der Waals surface area contributed by atoms with Crippen LogP contribution < -0.4 is 5.32 Å². The summed E-state index contributed by atoms with van der Waals surface area (Å²) in [6, 6.07) is 1.76. The van der Waals surface area contributed by atoms with Crippen LogP contribution in [0.1, 0.15) is 6.23 Å². The number of nitrogens with one attached hydrogen (secondary N) is 1. The summed E-state index contributed by atoms with van der Waals surface area (Å²) in [5, 5.41) is 33.7. The van der Waals surface area contributed by atoms with Crippen LogP contribution in [0.5, 0.6) is 0 Å². The molecule has 0 amide bonds. The van der Waals surface area contributed by atoms with E-state index in [1.54, 1.807) is 23.9 Å². The minimum Gasteiger partial charge on any atom is -0.394 e. The van der Waals surface area contributed by atoms with Crippen LogP contribution in [-0.4, -0.2) is 68.6 Å². The molecule has 1 saturated heterocycles. The van der Waals surface area contributed by atoms with Gasteiger partial charge in [-0.25, -0.2) is 9.97 Å². The number of hydrogen-bond acceptors (Lipinski definition) is 8. The fourth-order valence-electron chi connectivity index (χ4n) is 2.74. The SMILES string of the molecule is CNc1ncnc2c1ccn2C1O[C@H](CO)[C@@H](O)[C@]1(O)OC. The van der Waals surface area contributed by atoms with Crippen LogP contribution in [-0.2, 0) is 9.47 Å². The van der Waals surface area contributed by atoms with Gasteiger partial charge in [-0.2, -0.15) is 0 Å². The van der Waals surface area contributed by atoms with Crippen LogP contribution in [0.2, 0.25) is 0 Å². The lowest BCUT2D eigenvalue weighted by atomic mass is 10.1. The van der Waals surface area contributed by atoms with Crippen molar-refractivity contribution in [2.45, 2.75) is 24.2 Å². The van der Waals surface area contributed by atoms with E-state index in [0.717, 1.165) is 5.39 Å². The van der Waals surface area contributed by atoms with E-state index in [2.05, 4.69) is 15.3 Å². The molecular weight excluding hydrogens is 292 g/mol. The first-order valence-corrected chi connectivity index (χ1v) is 6.78. The van der Waals surface area contributed by atoms with E-state index in [1.165, 1.54) is 13.4 Å². The van der Waals surface area contributed by atoms with E-state index in [4.69, 9.17) is 9.47 Å². The van der Waals surface area contributed by atoms with Crippen LogP contribution in [0, 0.1) is 0 Å². The fourth-order valence-corrected chi connectivity index (χ4v) is 2.74. The van der Waals surface area contributed by atoms with E-state index in [1.807, 2.05) is 0 Å². The third-order valence-electron chi connectivity index (χ3n) is 3.94. The monoisotopic (exact) mass is 310 g/mol. The zero-order valence-corrected chi connectivity index (χ0v) is 12.2. The molecule has 9 heteroatoms. The number of methoxy groups -OCH3 is 1. The van der Waals surface area contributed by atoms with Crippen molar-refractivity contribution in [1.29, 1.82) is 0 Å². The van der Waals surface area contributed by atoms with Crippen LogP contribution in [0.25, 0.3) is 11.0 Å². The first-order valence-electron chi connectivity index (χ1n) is 6.78. The molecule has 0 aliphatic carbocycles. The second-order valence-corrected chi connectivity index (χ2v) is 5.04. The minimum atomic E-state index is -2.00. The summed E-state index contributed by atoms with van der Waals surface area (Å²) in [5.74, 6) is -1.37. The Morgan fingerprint density at radius 1 is 1.50 bits per heavy atom. The van der Waals surface area contributed by atoms with Crippen molar-refractivity contribution in [1.82, 2.24) is 14.5 Å². The Balaban J connectivity index is 2.11. The number of aliphatic hydroxyl groups excluding tert-OH is 2. The lowest BCUT2D eigenvalue weighted by molar-refractivity contribution is -0.264. The molecule has 120 valence electrons. The van der Waals surface area contributed by atoms with Gasteiger partial charge >= 0.3 is 0 Å². The highest BCUT2D eigenvalue weighted by Gasteiger charge is 2.57. The normalized spacial score (nSPS) is 31.8. The number of ether oxygens (including phenoxy) is 2. The second kappa shape index (κ2) is 5.45. The van der Waals surface area contributed by atoms with Crippen molar-refractivity contribution in [2.24, 2.45) is 0 Å². The van der Waals surface area contributed by atoms with Crippen molar-refractivity contribution in [3.8, 4) is 0 Å². The molecule has 4 N–H and O–H groups in total. The largest absolute Gasteiger partial charge is 0.394 e. The molecule has 1 aliphatic rings. The van der Waals surface area contributed by atoms with Gasteiger partial charge in [0.05, 0.1) is 12.0 Å². The maximum Gasteiger partial charge on any atom is 0.241 e. The summed E-state index contributed by atoms with van der Waals surface area (Å²) in [4.78, 5) is 8.30. The predicted molar refractivity (Wildman–Crippen MR) is 76.0 cm³/mol. The lowest BCUT2D eigenvalue weighted by Gasteiger charge is -2.30. The van der Waals surface area contributed by atoms with E-state index >= 15 is 0 Å². The number of fused-ring (bicyclic) bond motifs is 1. The summed E-state index contributed by atoms with van der Waals surface area (Å²) in [6.45, 7) is -0.445.